The summed E-state index contributed by atoms with van der Waals surface area (Å²) in [6, 6.07) is 10.1. The zero-order chi connectivity index (χ0) is 16.5. The molecule has 0 aliphatic rings. The highest BCUT2D eigenvalue weighted by Gasteiger charge is 2.02. The van der Waals surface area contributed by atoms with Crippen molar-refractivity contribution in [3.8, 4) is 0 Å². The maximum atomic E-state index is 12.8. The lowest BCUT2D eigenvalue weighted by Gasteiger charge is -2.08. The normalized spacial score (nSPS) is 10.3. The molecule has 5 nitrogen and oxygen atoms in total. The zero-order valence-electron chi connectivity index (χ0n) is 12.9. The van der Waals surface area contributed by atoms with Crippen molar-refractivity contribution >= 4 is 17.4 Å². The average Bonchev–Trinajstić information content (AvgIpc) is 2.56. The number of carbonyl (C=O) groups is 1. The molecule has 0 saturated carbocycles. The molecule has 0 unspecified atom stereocenters. The number of pyridine rings is 1. The van der Waals surface area contributed by atoms with Gasteiger partial charge in [-0.2, -0.15) is 0 Å². The number of aromatic nitrogens is 1. The summed E-state index contributed by atoms with van der Waals surface area (Å²) < 4.78 is 12.8. The molecule has 23 heavy (non-hydrogen) atoms. The molecule has 0 bridgehead atoms. The number of nitrogens with one attached hydrogen (secondary N) is 2. The Hall–Kier alpha value is -2.47. The highest BCUT2D eigenvalue weighted by Crippen LogP contribution is 2.11. The van der Waals surface area contributed by atoms with Crippen molar-refractivity contribution in [2.45, 2.75) is 19.3 Å². The second-order valence-electron chi connectivity index (χ2n) is 5.18. The summed E-state index contributed by atoms with van der Waals surface area (Å²) >= 11 is 0. The Bertz CT molecular complexity index is 613. The molecule has 0 fully saturated rings. The molecule has 1 amide bonds. The van der Waals surface area contributed by atoms with Gasteiger partial charge in [-0.1, -0.05) is 12.1 Å². The number of nitrogens with zero attached hydrogens (tertiary/aromatic N) is 1. The first-order chi connectivity index (χ1) is 11.2. The largest absolute Gasteiger partial charge is 0.383 e. The lowest BCUT2D eigenvalue weighted by Crippen LogP contribution is -2.14. The van der Waals surface area contributed by atoms with Gasteiger partial charge in [0.2, 0.25) is 5.91 Å². The average molecular weight is 316 g/mol. The van der Waals surface area contributed by atoms with E-state index in [4.69, 9.17) is 5.73 Å². The molecule has 0 saturated heterocycles. The van der Waals surface area contributed by atoms with Crippen LogP contribution in [0.5, 0.6) is 0 Å². The van der Waals surface area contributed by atoms with Crippen LogP contribution in [0.4, 0.5) is 15.9 Å². The maximum absolute atomic E-state index is 12.8. The number of hydrogen-bond donors (Lipinski definition) is 3. The van der Waals surface area contributed by atoms with E-state index < -0.39 is 0 Å². The van der Waals surface area contributed by atoms with Crippen molar-refractivity contribution in [3.05, 3.63) is 54.0 Å². The van der Waals surface area contributed by atoms with Gasteiger partial charge in [-0.05, 0) is 49.2 Å². The third-order valence-electron chi connectivity index (χ3n) is 3.29. The van der Waals surface area contributed by atoms with E-state index in [1.165, 1.54) is 12.1 Å². The second kappa shape index (κ2) is 8.85. The number of halogens is 1. The Morgan fingerprint density at radius 1 is 1.17 bits per heavy atom. The molecule has 1 aromatic heterocycles. The molecule has 122 valence electrons. The molecular weight excluding hydrogens is 295 g/mol. The third kappa shape index (κ3) is 6.04. The standard InChI is InChI=1S/C17H21FN4O/c18-14-5-3-13(4-6-14)9-11-20-15-7-8-16(21-12-15)22-17(23)2-1-10-19/h3-8,12,20H,1-2,9-11,19H2,(H,21,22,23). The Balaban J connectivity index is 1.76. The first-order valence-corrected chi connectivity index (χ1v) is 7.61. The van der Waals surface area contributed by atoms with Gasteiger partial charge >= 0.3 is 0 Å². The minimum absolute atomic E-state index is 0.0834. The molecule has 6 heteroatoms. The Labute approximate surface area is 135 Å². The SMILES string of the molecule is NCCCC(=O)Nc1ccc(NCCc2ccc(F)cc2)cn1. The summed E-state index contributed by atoms with van der Waals surface area (Å²) in [5, 5.41) is 5.96. The summed E-state index contributed by atoms with van der Waals surface area (Å²) in [4.78, 5) is 15.7. The third-order valence-corrected chi connectivity index (χ3v) is 3.29. The van der Waals surface area contributed by atoms with Crippen molar-refractivity contribution < 1.29 is 9.18 Å². The highest BCUT2D eigenvalue weighted by molar-refractivity contribution is 5.89. The molecular formula is C17H21FN4O. The van der Waals surface area contributed by atoms with Crippen LogP contribution in [0.25, 0.3) is 0 Å². The fraction of sp³-hybridized carbons (Fsp3) is 0.294. The number of benzene rings is 1. The van der Waals surface area contributed by atoms with Crippen LogP contribution < -0.4 is 16.4 Å². The van der Waals surface area contributed by atoms with Crippen LogP contribution in [-0.2, 0) is 11.2 Å². The minimum Gasteiger partial charge on any atom is -0.383 e. The van der Waals surface area contributed by atoms with E-state index >= 15 is 0 Å². The first-order valence-electron chi connectivity index (χ1n) is 7.61. The Morgan fingerprint density at radius 2 is 1.96 bits per heavy atom. The van der Waals surface area contributed by atoms with Gasteiger partial charge in [0, 0.05) is 13.0 Å². The Kier molecular flexibility index (Phi) is 6.50. The van der Waals surface area contributed by atoms with E-state index in [0.717, 1.165) is 24.2 Å². The zero-order valence-corrected chi connectivity index (χ0v) is 12.9. The predicted octanol–water partition coefficient (Wildman–Crippen LogP) is 2.55. The van der Waals surface area contributed by atoms with E-state index in [0.29, 0.717) is 25.2 Å². The number of carbonyl (C=O) groups excluding carboxylic acids is 1. The van der Waals surface area contributed by atoms with E-state index in [2.05, 4.69) is 15.6 Å². The van der Waals surface area contributed by atoms with Crippen LogP contribution in [0.15, 0.2) is 42.6 Å². The van der Waals surface area contributed by atoms with Gasteiger partial charge in [0.05, 0.1) is 11.9 Å². The smallest absolute Gasteiger partial charge is 0.225 e. The highest BCUT2D eigenvalue weighted by atomic mass is 19.1. The van der Waals surface area contributed by atoms with Crippen LogP contribution in [-0.4, -0.2) is 24.0 Å². The van der Waals surface area contributed by atoms with Crippen LogP contribution in [0.1, 0.15) is 18.4 Å². The van der Waals surface area contributed by atoms with Crippen LogP contribution in [0, 0.1) is 5.82 Å². The van der Waals surface area contributed by atoms with Gasteiger partial charge in [0.25, 0.3) is 0 Å². The van der Waals surface area contributed by atoms with Crippen molar-refractivity contribution in [2.75, 3.05) is 23.7 Å². The van der Waals surface area contributed by atoms with Crippen molar-refractivity contribution in [2.24, 2.45) is 5.73 Å². The van der Waals surface area contributed by atoms with E-state index in [1.54, 1.807) is 24.4 Å². The van der Waals surface area contributed by atoms with Gasteiger partial charge in [0.1, 0.15) is 11.6 Å². The topological polar surface area (TPSA) is 80.0 Å². The molecule has 1 heterocycles. The lowest BCUT2D eigenvalue weighted by atomic mass is 10.1. The lowest BCUT2D eigenvalue weighted by molar-refractivity contribution is -0.116. The Morgan fingerprint density at radius 3 is 2.61 bits per heavy atom. The fourth-order valence-corrected chi connectivity index (χ4v) is 2.04. The van der Waals surface area contributed by atoms with Crippen molar-refractivity contribution in [1.29, 1.82) is 0 Å². The van der Waals surface area contributed by atoms with E-state index in [1.807, 2.05) is 6.07 Å². The summed E-state index contributed by atoms with van der Waals surface area (Å²) in [6.45, 7) is 1.22. The van der Waals surface area contributed by atoms with Crippen LogP contribution in [0.2, 0.25) is 0 Å². The molecule has 1 aromatic carbocycles. The number of rotatable bonds is 8. The molecule has 2 rings (SSSR count). The van der Waals surface area contributed by atoms with Gasteiger partial charge in [-0.15, -0.1) is 0 Å². The first kappa shape index (κ1) is 16.9. The van der Waals surface area contributed by atoms with Gasteiger partial charge < -0.3 is 16.4 Å². The number of anilines is 2. The number of nitrogens with two attached hydrogens (primary N) is 1. The molecule has 0 radical (unpaired) electrons. The quantitative estimate of drug-likeness (QED) is 0.699. The molecule has 0 aliphatic carbocycles. The summed E-state index contributed by atoms with van der Waals surface area (Å²) in [5.41, 5.74) is 7.30. The fourth-order valence-electron chi connectivity index (χ4n) is 2.04. The maximum Gasteiger partial charge on any atom is 0.225 e. The van der Waals surface area contributed by atoms with Gasteiger partial charge in [-0.3, -0.25) is 4.79 Å². The predicted molar refractivity (Wildman–Crippen MR) is 89.7 cm³/mol. The number of hydrogen-bond acceptors (Lipinski definition) is 4. The number of amides is 1. The van der Waals surface area contributed by atoms with Gasteiger partial charge in [-0.25, -0.2) is 9.37 Å². The molecule has 4 N–H and O–H groups in total. The second-order valence-corrected chi connectivity index (χ2v) is 5.18. The van der Waals surface area contributed by atoms with Crippen molar-refractivity contribution in [1.82, 2.24) is 4.98 Å². The van der Waals surface area contributed by atoms with E-state index in [9.17, 15) is 9.18 Å². The van der Waals surface area contributed by atoms with E-state index in [-0.39, 0.29) is 11.7 Å². The molecule has 2 aromatic rings. The van der Waals surface area contributed by atoms with Crippen molar-refractivity contribution in [3.63, 3.8) is 0 Å². The monoisotopic (exact) mass is 316 g/mol. The van der Waals surface area contributed by atoms with Crippen LogP contribution >= 0.6 is 0 Å². The summed E-state index contributed by atoms with van der Waals surface area (Å²) in [6.07, 6.45) is 3.52. The molecule has 0 spiro atoms. The molecule has 0 aliphatic heterocycles. The minimum atomic E-state index is -0.227. The molecule has 0 atom stereocenters. The summed E-state index contributed by atoms with van der Waals surface area (Å²) in [7, 11) is 0. The summed E-state index contributed by atoms with van der Waals surface area (Å²) in [5.74, 6) is 0.214. The van der Waals surface area contributed by atoms with Gasteiger partial charge in [0.15, 0.2) is 0 Å². The van der Waals surface area contributed by atoms with Crippen LogP contribution in [0.3, 0.4) is 0 Å².